The van der Waals surface area contributed by atoms with E-state index in [0.29, 0.717) is 17.4 Å². The first kappa shape index (κ1) is 16.3. The smallest absolute Gasteiger partial charge is 0.00698 e. The Hall–Kier alpha value is -0.0800. The first-order chi connectivity index (χ1) is 9.45. The lowest BCUT2D eigenvalue weighted by Crippen LogP contribution is -2.50. The minimum atomic E-state index is 0.401. The SMILES string of the molecule is CCCC1CCN(CC2CCC(N)C(C)C2(C)C)CC1. The molecule has 118 valence electrons. The predicted molar refractivity (Wildman–Crippen MR) is 87.7 cm³/mol. The molecular formula is C18H36N2. The summed E-state index contributed by atoms with van der Waals surface area (Å²) >= 11 is 0. The van der Waals surface area contributed by atoms with Gasteiger partial charge in [-0.05, 0) is 61.9 Å². The summed E-state index contributed by atoms with van der Waals surface area (Å²) in [5.41, 5.74) is 6.69. The number of nitrogens with two attached hydrogens (primary N) is 1. The third-order valence-electron chi connectivity index (χ3n) is 6.60. The van der Waals surface area contributed by atoms with E-state index >= 15 is 0 Å². The van der Waals surface area contributed by atoms with Gasteiger partial charge in [-0.2, -0.15) is 0 Å². The lowest BCUT2D eigenvalue weighted by molar-refractivity contribution is 0.0206. The van der Waals surface area contributed by atoms with Crippen molar-refractivity contribution < 1.29 is 0 Å². The van der Waals surface area contributed by atoms with Gasteiger partial charge in [-0.15, -0.1) is 0 Å². The Morgan fingerprint density at radius 1 is 1.10 bits per heavy atom. The largest absolute Gasteiger partial charge is 0.327 e. The summed E-state index contributed by atoms with van der Waals surface area (Å²) in [5, 5.41) is 0. The van der Waals surface area contributed by atoms with Gasteiger partial charge in [0.05, 0.1) is 0 Å². The monoisotopic (exact) mass is 280 g/mol. The second-order valence-corrected chi connectivity index (χ2v) is 8.08. The number of rotatable bonds is 4. The highest BCUT2D eigenvalue weighted by atomic mass is 15.1. The number of piperidine rings is 1. The first-order valence-corrected chi connectivity index (χ1v) is 8.93. The standard InChI is InChI=1S/C18H36N2/c1-5-6-15-9-11-20(12-10-15)13-16-7-8-17(19)14(2)18(16,3)4/h14-17H,5-13,19H2,1-4H3. The second kappa shape index (κ2) is 6.79. The molecule has 1 heterocycles. The van der Waals surface area contributed by atoms with Gasteiger partial charge in [-0.1, -0.05) is 40.5 Å². The van der Waals surface area contributed by atoms with E-state index in [4.69, 9.17) is 5.73 Å². The summed E-state index contributed by atoms with van der Waals surface area (Å²) < 4.78 is 0. The third kappa shape index (κ3) is 3.57. The maximum atomic E-state index is 6.29. The Morgan fingerprint density at radius 2 is 1.75 bits per heavy atom. The molecule has 2 aliphatic rings. The summed E-state index contributed by atoms with van der Waals surface area (Å²) in [4.78, 5) is 2.74. The quantitative estimate of drug-likeness (QED) is 0.846. The summed E-state index contributed by atoms with van der Waals surface area (Å²) in [6.07, 6.45) is 8.20. The molecule has 0 aromatic heterocycles. The molecule has 2 nitrogen and oxygen atoms in total. The van der Waals surface area contributed by atoms with Crippen molar-refractivity contribution in [1.82, 2.24) is 4.90 Å². The van der Waals surface area contributed by atoms with Crippen molar-refractivity contribution in [2.75, 3.05) is 19.6 Å². The predicted octanol–water partition coefficient (Wildman–Crippen LogP) is 3.90. The Balaban J connectivity index is 1.85. The highest BCUT2D eigenvalue weighted by molar-refractivity contribution is 4.94. The van der Waals surface area contributed by atoms with E-state index in [9.17, 15) is 0 Å². The lowest BCUT2D eigenvalue weighted by atomic mass is 9.61. The summed E-state index contributed by atoms with van der Waals surface area (Å²) in [6.45, 7) is 13.6. The number of hydrogen-bond donors (Lipinski definition) is 1. The molecule has 0 aromatic rings. The zero-order valence-corrected chi connectivity index (χ0v) is 14.2. The molecular weight excluding hydrogens is 244 g/mol. The molecule has 2 fully saturated rings. The molecule has 20 heavy (non-hydrogen) atoms. The fraction of sp³-hybridized carbons (Fsp3) is 1.00. The minimum absolute atomic E-state index is 0.401. The van der Waals surface area contributed by atoms with Gasteiger partial charge in [0.15, 0.2) is 0 Å². The van der Waals surface area contributed by atoms with Crippen LogP contribution in [0.3, 0.4) is 0 Å². The van der Waals surface area contributed by atoms with Crippen molar-refractivity contribution in [2.24, 2.45) is 28.9 Å². The van der Waals surface area contributed by atoms with E-state index in [1.165, 1.54) is 58.2 Å². The maximum Gasteiger partial charge on any atom is 0.00698 e. The van der Waals surface area contributed by atoms with Crippen molar-refractivity contribution in [3.63, 3.8) is 0 Å². The molecule has 3 atom stereocenters. The molecule has 1 saturated carbocycles. The van der Waals surface area contributed by atoms with Gasteiger partial charge in [0.1, 0.15) is 0 Å². The van der Waals surface area contributed by atoms with E-state index in [2.05, 4.69) is 32.6 Å². The Kier molecular flexibility index (Phi) is 5.53. The topological polar surface area (TPSA) is 29.3 Å². The van der Waals surface area contributed by atoms with Gasteiger partial charge in [0.25, 0.3) is 0 Å². The number of nitrogens with zero attached hydrogens (tertiary/aromatic N) is 1. The molecule has 0 radical (unpaired) electrons. The van der Waals surface area contributed by atoms with Gasteiger partial charge >= 0.3 is 0 Å². The lowest BCUT2D eigenvalue weighted by Gasteiger charge is -2.49. The molecule has 0 spiro atoms. The molecule has 2 heteroatoms. The second-order valence-electron chi connectivity index (χ2n) is 8.08. The van der Waals surface area contributed by atoms with Crippen molar-refractivity contribution in [1.29, 1.82) is 0 Å². The summed E-state index contributed by atoms with van der Waals surface area (Å²) in [5.74, 6) is 2.49. The molecule has 1 aliphatic heterocycles. The van der Waals surface area contributed by atoms with E-state index in [-0.39, 0.29) is 0 Å². The van der Waals surface area contributed by atoms with E-state index in [1.807, 2.05) is 0 Å². The normalized spacial score (nSPS) is 36.1. The Bertz CT molecular complexity index is 292. The van der Waals surface area contributed by atoms with Gasteiger partial charge in [-0.3, -0.25) is 0 Å². The molecule has 2 rings (SSSR count). The third-order valence-corrected chi connectivity index (χ3v) is 6.60. The number of likely N-dealkylation sites (tertiary alicyclic amines) is 1. The van der Waals surface area contributed by atoms with Gasteiger partial charge in [0.2, 0.25) is 0 Å². The van der Waals surface area contributed by atoms with Crippen LogP contribution in [0.1, 0.15) is 66.2 Å². The van der Waals surface area contributed by atoms with Crippen molar-refractivity contribution in [3.05, 3.63) is 0 Å². The van der Waals surface area contributed by atoms with Gasteiger partial charge in [0, 0.05) is 12.6 Å². The maximum absolute atomic E-state index is 6.29. The molecule has 0 amide bonds. The van der Waals surface area contributed by atoms with Crippen molar-refractivity contribution >= 4 is 0 Å². The zero-order valence-electron chi connectivity index (χ0n) is 14.2. The first-order valence-electron chi connectivity index (χ1n) is 8.93. The molecule has 1 aliphatic carbocycles. The fourth-order valence-electron chi connectivity index (χ4n) is 4.44. The van der Waals surface area contributed by atoms with Crippen molar-refractivity contribution in [2.45, 2.75) is 72.3 Å². The molecule has 3 unspecified atom stereocenters. The van der Waals surface area contributed by atoms with Gasteiger partial charge < -0.3 is 10.6 Å². The van der Waals surface area contributed by atoms with Crippen LogP contribution in [0.2, 0.25) is 0 Å². The average molecular weight is 281 g/mol. The Labute approximate surface area is 126 Å². The van der Waals surface area contributed by atoms with Gasteiger partial charge in [-0.25, -0.2) is 0 Å². The van der Waals surface area contributed by atoms with E-state index in [1.54, 1.807) is 0 Å². The van der Waals surface area contributed by atoms with Crippen LogP contribution in [0.4, 0.5) is 0 Å². The highest BCUT2D eigenvalue weighted by Gasteiger charge is 2.42. The highest BCUT2D eigenvalue weighted by Crippen LogP contribution is 2.44. The fourth-order valence-corrected chi connectivity index (χ4v) is 4.44. The van der Waals surface area contributed by atoms with Crippen LogP contribution in [-0.2, 0) is 0 Å². The van der Waals surface area contributed by atoms with Crippen LogP contribution in [0.5, 0.6) is 0 Å². The van der Waals surface area contributed by atoms with E-state index < -0.39 is 0 Å². The number of hydrogen-bond acceptors (Lipinski definition) is 2. The molecule has 0 bridgehead atoms. The van der Waals surface area contributed by atoms with Crippen molar-refractivity contribution in [3.8, 4) is 0 Å². The summed E-state index contributed by atoms with van der Waals surface area (Å²) in [7, 11) is 0. The zero-order chi connectivity index (χ0) is 14.8. The molecule has 2 N–H and O–H groups in total. The van der Waals surface area contributed by atoms with Crippen LogP contribution < -0.4 is 5.73 Å². The molecule has 1 saturated heterocycles. The van der Waals surface area contributed by atoms with Crippen LogP contribution in [0.25, 0.3) is 0 Å². The average Bonchev–Trinajstić information content (AvgIpc) is 2.42. The van der Waals surface area contributed by atoms with Crippen LogP contribution in [0, 0.1) is 23.2 Å². The minimum Gasteiger partial charge on any atom is -0.327 e. The Morgan fingerprint density at radius 3 is 2.35 bits per heavy atom. The summed E-state index contributed by atoms with van der Waals surface area (Å²) in [6, 6.07) is 0.413. The van der Waals surface area contributed by atoms with Crippen LogP contribution in [0.15, 0.2) is 0 Å². The molecule has 0 aromatic carbocycles. The van der Waals surface area contributed by atoms with Crippen LogP contribution in [-0.4, -0.2) is 30.6 Å². The van der Waals surface area contributed by atoms with Crippen LogP contribution >= 0.6 is 0 Å². The van der Waals surface area contributed by atoms with E-state index in [0.717, 1.165) is 11.8 Å².